The van der Waals surface area contributed by atoms with Crippen molar-refractivity contribution in [3.05, 3.63) is 59.3 Å². The average Bonchev–Trinajstić information content (AvgIpc) is 3.22. The largest absolute Gasteiger partial charge is 0.497 e. The topological polar surface area (TPSA) is 77.1 Å². The van der Waals surface area contributed by atoms with E-state index in [-0.39, 0.29) is 24.3 Å². The summed E-state index contributed by atoms with van der Waals surface area (Å²) in [4.78, 5) is 27.4. The molecule has 0 spiro atoms. The first-order valence-electron chi connectivity index (χ1n) is 9.41. The summed E-state index contributed by atoms with van der Waals surface area (Å²) in [5.74, 6) is 1.28. The molecule has 1 aliphatic heterocycles. The van der Waals surface area contributed by atoms with Gasteiger partial charge in [-0.3, -0.25) is 9.59 Å². The Morgan fingerprint density at radius 3 is 2.41 bits per heavy atom. The maximum atomic E-state index is 13.0. The van der Waals surface area contributed by atoms with Gasteiger partial charge in [0.1, 0.15) is 11.4 Å². The second kappa shape index (κ2) is 9.14. The molecule has 0 aromatic heterocycles. The van der Waals surface area contributed by atoms with Gasteiger partial charge >= 0.3 is 0 Å². The number of carbonyl (C=O) groups excluding carboxylic acids is 2. The van der Waals surface area contributed by atoms with Gasteiger partial charge in [-0.25, -0.2) is 0 Å². The molecular weight excluding hydrogens is 372 g/mol. The third kappa shape index (κ3) is 4.68. The summed E-state index contributed by atoms with van der Waals surface area (Å²) in [6, 6.07) is 12.0. The molecule has 3 rings (SSSR count). The van der Waals surface area contributed by atoms with Gasteiger partial charge in [-0.2, -0.15) is 0 Å². The first kappa shape index (κ1) is 20.3. The van der Waals surface area contributed by atoms with Crippen molar-refractivity contribution in [3.8, 4) is 17.2 Å². The fourth-order valence-electron chi connectivity index (χ4n) is 2.94. The summed E-state index contributed by atoms with van der Waals surface area (Å²) in [6.07, 6.45) is 1.64. The SMILES string of the molecule is CCN(CC)C(=O)C(=Cc1ccc2c(c1)OCO2)NC(=O)c1ccc(OC)cc1. The zero-order valence-electron chi connectivity index (χ0n) is 16.7. The van der Waals surface area contributed by atoms with Gasteiger partial charge in [0.15, 0.2) is 11.5 Å². The fourth-order valence-corrected chi connectivity index (χ4v) is 2.94. The number of carbonyl (C=O) groups is 2. The normalized spacial score (nSPS) is 12.4. The van der Waals surface area contributed by atoms with E-state index in [1.807, 2.05) is 19.9 Å². The molecule has 2 aromatic carbocycles. The minimum Gasteiger partial charge on any atom is -0.497 e. The van der Waals surface area contributed by atoms with Crippen LogP contribution in [0.2, 0.25) is 0 Å². The van der Waals surface area contributed by atoms with Crippen molar-refractivity contribution in [1.29, 1.82) is 0 Å². The molecule has 0 atom stereocenters. The molecule has 0 saturated heterocycles. The van der Waals surface area contributed by atoms with Crippen LogP contribution in [0.5, 0.6) is 17.2 Å². The van der Waals surface area contributed by atoms with E-state index in [9.17, 15) is 9.59 Å². The lowest BCUT2D eigenvalue weighted by molar-refractivity contribution is -0.127. The Balaban J connectivity index is 1.89. The van der Waals surface area contributed by atoms with E-state index >= 15 is 0 Å². The number of benzene rings is 2. The molecule has 0 aliphatic carbocycles. The lowest BCUT2D eigenvalue weighted by atomic mass is 10.1. The van der Waals surface area contributed by atoms with Crippen molar-refractivity contribution in [2.45, 2.75) is 13.8 Å². The van der Waals surface area contributed by atoms with Crippen molar-refractivity contribution < 1.29 is 23.8 Å². The minimum absolute atomic E-state index is 0.169. The Bertz CT molecular complexity index is 917. The number of rotatable bonds is 7. The van der Waals surface area contributed by atoms with Crippen LogP contribution < -0.4 is 19.5 Å². The Labute approximate surface area is 169 Å². The van der Waals surface area contributed by atoms with E-state index in [0.29, 0.717) is 35.9 Å². The minimum atomic E-state index is -0.375. The maximum absolute atomic E-state index is 13.0. The molecule has 152 valence electrons. The van der Waals surface area contributed by atoms with Crippen molar-refractivity contribution >= 4 is 17.9 Å². The zero-order valence-corrected chi connectivity index (χ0v) is 16.7. The number of nitrogens with zero attached hydrogens (tertiary/aromatic N) is 1. The molecule has 2 amide bonds. The number of fused-ring (bicyclic) bond motifs is 1. The van der Waals surface area contributed by atoms with Gasteiger partial charge in [-0.05, 0) is 61.9 Å². The van der Waals surface area contributed by atoms with Crippen LogP contribution in [-0.2, 0) is 4.79 Å². The first-order chi connectivity index (χ1) is 14.0. The number of methoxy groups -OCH3 is 1. The lowest BCUT2D eigenvalue weighted by Gasteiger charge is -2.21. The van der Waals surface area contributed by atoms with Crippen molar-refractivity contribution in [2.75, 3.05) is 27.0 Å². The van der Waals surface area contributed by atoms with Crippen LogP contribution in [0.15, 0.2) is 48.2 Å². The average molecular weight is 396 g/mol. The van der Waals surface area contributed by atoms with Crippen molar-refractivity contribution in [1.82, 2.24) is 10.2 Å². The number of nitrogens with one attached hydrogen (secondary N) is 1. The van der Waals surface area contributed by atoms with Gasteiger partial charge in [0.05, 0.1) is 7.11 Å². The molecular formula is C22H24N2O5. The van der Waals surface area contributed by atoms with E-state index in [4.69, 9.17) is 14.2 Å². The van der Waals surface area contributed by atoms with Gasteiger partial charge < -0.3 is 24.4 Å². The van der Waals surface area contributed by atoms with Gasteiger partial charge in [0.25, 0.3) is 11.8 Å². The quantitative estimate of drug-likeness (QED) is 0.728. The molecule has 1 N–H and O–H groups in total. The van der Waals surface area contributed by atoms with Crippen LogP contribution in [0.3, 0.4) is 0 Å². The monoisotopic (exact) mass is 396 g/mol. The van der Waals surface area contributed by atoms with E-state index in [2.05, 4.69) is 5.32 Å². The van der Waals surface area contributed by atoms with E-state index in [1.165, 1.54) is 0 Å². The Morgan fingerprint density at radius 1 is 1.07 bits per heavy atom. The zero-order chi connectivity index (χ0) is 20.8. The fraction of sp³-hybridized carbons (Fsp3) is 0.273. The second-order valence-electron chi connectivity index (χ2n) is 6.33. The molecule has 2 aromatic rings. The summed E-state index contributed by atoms with van der Waals surface area (Å²) in [7, 11) is 1.56. The molecule has 1 aliphatic rings. The maximum Gasteiger partial charge on any atom is 0.270 e. The first-order valence-corrected chi connectivity index (χ1v) is 9.41. The Hall–Kier alpha value is -3.48. The van der Waals surface area contributed by atoms with Crippen LogP contribution in [0, 0.1) is 0 Å². The van der Waals surface area contributed by atoms with E-state index in [0.717, 1.165) is 5.56 Å². The summed E-state index contributed by atoms with van der Waals surface area (Å²) < 4.78 is 15.8. The predicted octanol–water partition coefficient (Wildman–Crippen LogP) is 3.06. The Morgan fingerprint density at radius 2 is 1.76 bits per heavy atom. The molecule has 0 unspecified atom stereocenters. The van der Waals surface area contributed by atoms with Crippen molar-refractivity contribution in [2.24, 2.45) is 0 Å². The summed E-state index contributed by atoms with van der Waals surface area (Å²) in [6.45, 7) is 5.02. The van der Waals surface area contributed by atoms with E-state index in [1.54, 1.807) is 54.5 Å². The van der Waals surface area contributed by atoms with Gasteiger partial charge in [-0.1, -0.05) is 6.07 Å². The standard InChI is InChI=1S/C22H24N2O5/c1-4-24(5-2)22(26)18(12-15-6-11-19-20(13-15)29-14-28-19)23-21(25)16-7-9-17(27-3)10-8-16/h6-13H,4-5,14H2,1-3H3,(H,23,25). The molecule has 7 heteroatoms. The summed E-state index contributed by atoms with van der Waals surface area (Å²) in [5, 5.41) is 2.75. The number of ether oxygens (including phenoxy) is 3. The highest BCUT2D eigenvalue weighted by Crippen LogP contribution is 2.33. The predicted molar refractivity (Wildman–Crippen MR) is 109 cm³/mol. The van der Waals surface area contributed by atoms with Gasteiger partial charge in [0.2, 0.25) is 6.79 Å². The number of hydrogen-bond donors (Lipinski definition) is 1. The van der Waals surface area contributed by atoms with Crippen LogP contribution in [0.4, 0.5) is 0 Å². The molecule has 0 bridgehead atoms. The van der Waals surface area contributed by atoms with Crippen LogP contribution in [-0.4, -0.2) is 43.7 Å². The van der Waals surface area contributed by atoms with Crippen molar-refractivity contribution in [3.63, 3.8) is 0 Å². The van der Waals surface area contributed by atoms with Crippen LogP contribution in [0.25, 0.3) is 6.08 Å². The molecule has 0 saturated carbocycles. The number of amides is 2. The molecule has 0 radical (unpaired) electrons. The van der Waals surface area contributed by atoms with Gasteiger partial charge in [-0.15, -0.1) is 0 Å². The summed E-state index contributed by atoms with van der Waals surface area (Å²) in [5.41, 5.74) is 1.34. The number of hydrogen-bond acceptors (Lipinski definition) is 5. The van der Waals surface area contributed by atoms with E-state index < -0.39 is 0 Å². The van der Waals surface area contributed by atoms with Crippen LogP contribution in [0.1, 0.15) is 29.8 Å². The lowest BCUT2D eigenvalue weighted by Crippen LogP contribution is -2.38. The highest BCUT2D eigenvalue weighted by atomic mass is 16.7. The highest BCUT2D eigenvalue weighted by molar-refractivity contribution is 6.05. The molecule has 0 fully saturated rings. The summed E-state index contributed by atoms with van der Waals surface area (Å²) >= 11 is 0. The molecule has 1 heterocycles. The molecule has 7 nitrogen and oxygen atoms in total. The van der Waals surface area contributed by atoms with Crippen LogP contribution >= 0.6 is 0 Å². The number of likely N-dealkylation sites (N-methyl/N-ethyl adjacent to an activating group) is 1. The second-order valence-corrected chi connectivity index (χ2v) is 6.33. The third-order valence-corrected chi connectivity index (χ3v) is 4.59. The third-order valence-electron chi connectivity index (χ3n) is 4.59. The molecule has 29 heavy (non-hydrogen) atoms. The Kier molecular flexibility index (Phi) is 6.39. The smallest absolute Gasteiger partial charge is 0.270 e. The van der Waals surface area contributed by atoms with Gasteiger partial charge in [0, 0.05) is 18.7 Å². The highest BCUT2D eigenvalue weighted by Gasteiger charge is 2.20.